The molecule has 0 saturated heterocycles. The van der Waals surface area contributed by atoms with E-state index >= 15 is 0 Å². The summed E-state index contributed by atoms with van der Waals surface area (Å²) in [4.78, 5) is 12.5. The van der Waals surface area contributed by atoms with E-state index in [0.717, 1.165) is 17.7 Å². The summed E-state index contributed by atoms with van der Waals surface area (Å²) in [5.41, 5.74) is 4.52. The summed E-state index contributed by atoms with van der Waals surface area (Å²) in [6.07, 6.45) is 0.910. The van der Waals surface area contributed by atoms with Gasteiger partial charge in [0.25, 0.3) is 5.91 Å². The molecule has 26 heavy (non-hydrogen) atoms. The van der Waals surface area contributed by atoms with Crippen molar-refractivity contribution < 1.29 is 10.1 Å². The Morgan fingerprint density at radius 2 is 1.77 bits per heavy atom. The number of rotatable bonds is 6. The fourth-order valence-corrected chi connectivity index (χ4v) is 3.45. The standard InChI is InChI=1S/C23H26N2O/c1-4-18-11-7-9-16(2)23(18)25-22(26)15-24-17(3)20-14-8-12-19-10-5-6-13-21(19)20/h5-14,17,24H,4,15H2,1-3H3,(H,25,26)/p+1/t17-/m0/s1. The molecule has 3 nitrogen and oxygen atoms in total. The lowest BCUT2D eigenvalue weighted by atomic mass is 10.00. The van der Waals surface area contributed by atoms with Crippen LogP contribution in [0.4, 0.5) is 5.69 Å². The molecule has 0 heterocycles. The van der Waals surface area contributed by atoms with Gasteiger partial charge in [0.15, 0.2) is 6.54 Å². The molecule has 0 spiro atoms. The van der Waals surface area contributed by atoms with Crippen LogP contribution in [0.1, 0.15) is 36.6 Å². The maximum absolute atomic E-state index is 12.5. The summed E-state index contributed by atoms with van der Waals surface area (Å²) >= 11 is 0. The highest BCUT2D eigenvalue weighted by Gasteiger charge is 2.15. The van der Waals surface area contributed by atoms with Crippen LogP contribution >= 0.6 is 0 Å². The number of carbonyl (C=O) groups excluding carboxylic acids is 1. The summed E-state index contributed by atoms with van der Waals surface area (Å²) in [5.74, 6) is 0.0427. The van der Waals surface area contributed by atoms with Gasteiger partial charge in [-0.05, 0) is 42.2 Å². The topological polar surface area (TPSA) is 45.7 Å². The Labute approximate surface area is 155 Å². The Morgan fingerprint density at radius 1 is 1.04 bits per heavy atom. The zero-order valence-corrected chi connectivity index (χ0v) is 15.8. The zero-order valence-electron chi connectivity index (χ0n) is 15.8. The molecule has 3 aromatic rings. The largest absolute Gasteiger partial charge is 0.332 e. The average molecular weight is 347 g/mol. The van der Waals surface area contributed by atoms with E-state index in [1.54, 1.807) is 0 Å². The number of nitrogens with one attached hydrogen (secondary N) is 1. The Hall–Kier alpha value is -2.65. The number of hydrogen-bond acceptors (Lipinski definition) is 1. The van der Waals surface area contributed by atoms with Crippen molar-refractivity contribution in [2.45, 2.75) is 33.2 Å². The van der Waals surface area contributed by atoms with Crippen molar-refractivity contribution in [2.75, 3.05) is 11.9 Å². The van der Waals surface area contributed by atoms with Gasteiger partial charge in [-0.3, -0.25) is 4.79 Å². The van der Waals surface area contributed by atoms with Gasteiger partial charge in [0.1, 0.15) is 6.04 Å². The summed E-state index contributed by atoms with van der Waals surface area (Å²) < 4.78 is 0. The molecule has 0 aliphatic carbocycles. The van der Waals surface area contributed by atoms with Crippen LogP contribution in [0.3, 0.4) is 0 Å². The first kappa shape index (κ1) is 18.2. The van der Waals surface area contributed by atoms with Crippen LogP contribution < -0.4 is 10.6 Å². The normalized spacial score (nSPS) is 12.1. The van der Waals surface area contributed by atoms with Gasteiger partial charge in [0.2, 0.25) is 0 Å². The quantitative estimate of drug-likeness (QED) is 0.696. The van der Waals surface area contributed by atoms with Crippen molar-refractivity contribution in [1.82, 2.24) is 0 Å². The number of carbonyl (C=O) groups is 1. The molecule has 3 aromatic carbocycles. The molecule has 0 unspecified atom stereocenters. The Kier molecular flexibility index (Phi) is 5.69. The minimum Gasteiger partial charge on any atom is -0.332 e. The number of benzene rings is 3. The highest BCUT2D eigenvalue weighted by molar-refractivity contribution is 5.93. The number of fused-ring (bicyclic) bond motifs is 1. The van der Waals surface area contributed by atoms with Crippen molar-refractivity contribution in [1.29, 1.82) is 0 Å². The van der Waals surface area contributed by atoms with Gasteiger partial charge < -0.3 is 10.6 Å². The van der Waals surface area contributed by atoms with Crippen molar-refractivity contribution in [2.24, 2.45) is 0 Å². The number of aryl methyl sites for hydroxylation is 2. The SMILES string of the molecule is CCc1cccc(C)c1NC(=O)C[NH2+][C@@H](C)c1cccc2ccccc12. The number of anilines is 1. The Morgan fingerprint density at radius 3 is 2.58 bits per heavy atom. The number of quaternary nitrogens is 1. The first-order chi connectivity index (χ1) is 12.6. The molecule has 3 N–H and O–H groups in total. The average Bonchev–Trinajstić information content (AvgIpc) is 2.67. The van der Waals surface area contributed by atoms with E-state index in [9.17, 15) is 4.79 Å². The molecular formula is C23H27N2O+. The van der Waals surface area contributed by atoms with Crippen LogP contribution in [0.2, 0.25) is 0 Å². The van der Waals surface area contributed by atoms with Crippen LogP contribution in [0, 0.1) is 6.92 Å². The molecule has 0 bridgehead atoms. The monoisotopic (exact) mass is 347 g/mol. The highest BCUT2D eigenvalue weighted by Crippen LogP contribution is 2.22. The predicted octanol–water partition coefficient (Wildman–Crippen LogP) is 3.97. The minimum absolute atomic E-state index is 0.0427. The molecule has 3 rings (SSSR count). The predicted molar refractivity (Wildman–Crippen MR) is 108 cm³/mol. The molecule has 134 valence electrons. The molecule has 0 radical (unpaired) electrons. The number of nitrogens with two attached hydrogens (primary N) is 1. The van der Waals surface area contributed by atoms with Gasteiger partial charge >= 0.3 is 0 Å². The third kappa shape index (κ3) is 3.94. The summed E-state index contributed by atoms with van der Waals surface area (Å²) in [6, 6.07) is 21.1. The Bertz CT molecular complexity index is 912. The van der Waals surface area contributed by atoms with E-state index in [4.69, 9.17) is 0 Å². The lowest BCUT2D eigenvalue weighted by molar-refractivity contribution is -0.682. The second-order valence-corrected chi connectivity index (χ2v) is 6.81. The molecule has 1 atom stereocenters. The molecule has 0 aromatic heterocycles. The van der Waals surface area contributed by atoms with Crippen molar-refractivity contribution in [3.05, 3.63) is 77.4 Å². The molecule has 3 heteroatoms. The third-order valence-corrected chi connectivity index (χ3v) is 4.98. The van der Waals surface area contributed by atoms with Crippen LogP contribution in [0.15, 0.2) is 60.7 Å². The maximum Gasteiger partial charge on any atom is 0.279 e. The van der Waals surface area contributed by atoms with Gasteiger partial charge in [-0.15, -0.1) is 0 Å². The van der Waals surface area contributed by atoms with Gasteiger partial charge in [-0.25, -0.2) is 0 Å². The van der Waals surface area contributed by atoms with E-state index in [1.807, 2.05) is 19.1 Å². The van der Waals surface area contributed by atoms with Crippen LogP contribution in [0.25, 0.3) is 10.8 Å². The van der Waals surface area contributed by atoms with E-state index in [1.165, 1.54) is 21.9 Å². The second-order valence-electron chi connectivity index (χ2n) is 6.81. The second kappa shape index (κ2) is 8.15. The lowest BCUT2D eigenvalue weighted by Crippen LogP contribution is -2.86. The van der Waals surface area contributed by atoms with E-state index < -0.39 is 0 Å². The summed E-state index contributed by atoms with van der Waals surface area (Å²) in [5, 5.41) is 7.70. The molecule has 0 aliphatic rings. The van der Waals surface area contributed by atoms with Crippen LogP contribution in [-0.2, 0) is 11.2 Å². The van der Waals surface area contributed by atoms with Gasteiger partial charge in [-0.1, -0.05) is 67.6 Å². The smallest absolute Gasteiger partial charge is 0.279 e. The first-order valence-electron chi connectivity index (χ1n) is 9.29. The number of amides is 1. The minimum atomic E-state index is 0.0427. The number of hydrogen-bond donors (Lipinski definition) is 2. The molecule has 1 amide bonds. The fraction of sp³-hybridized carbons (Fsp3) is 0.261. The van der Waals surface area contributed by atoms with Crippen LogP contribution in [-0.4, -0.2) is 12.5 Å². The lowest BCUT2D eigenvalue weighted by Gasteiger charge is -2.15. The molecule has 0 saturated carbocycles. The van der Waals surface area contributed by atoms with Gasteiger partial charge in [0, 0.05) is 11.3 Å². The van der Waals surface area contributed by atoms with Gasteiger partial charge in [-0.2, -0.15) is 0 Å². The van der Waals surface area contributed by atoms with E-state index in [2.05, 4.69) is 73.0 Å². The van der Waals surface area contributed by atoms with E-state index in [-0.39, 0.29) is 11.9 Å². The fourth-order valence-electron chi connectivity index (χ4n) is 3.45. The third-order valence-electron chi connectivity index (χ3n) is 4.98. The van der Waals surface area contributed by atoms with Gasteiger partial charge in [0.05, 0.1) is 0 Å². The van der Waals surface area contributed by atoms with Crippen molar-refractivity contribution >= 4 is 22.4 Å². The van der Waals surface area contributed by atoms with Crippen LogP contribution in [0.5, 0.6) is 0 Å². The Balaban J connectivity index is 1.68. The van der Waals surface area contributed by atoms with Crippen molar-refractivity contribution in [3.8, 4) is 0 Å². The molecular weight excluding hydrogens is 320 g/mol. The molecule has 0 fully saturated rings. The number of para-hydroxylation sites is 1. The van der Waals surface area contributed by atoms with E-state index in [0.29, 0.717) is 6.54 Å². The van der Waals surface area contributed by atoms with Crippen molar-refractivity contribution in [3.63, 3.8) is 0 Å². The first-order valence-corrected chi connectivity index (χ1v) is 9.29. The summed E-state index contributed by atoms with van der Waals surface area (Å²) in [6.45, 7) is 6.71. The zero-order chi connectivity index (χ0) is 18.5. The maximum atomic E-state index is 12.5. The highest BCUT2D eigenvalue weighted by atomic mass is 16.1. The summed E-state index contributed by atoms with van der Waals surface area (Å²) in [7, 11) is 0. The molecule has 0 aliphatic heterocycles.